The molecule has 0 saturated heterocycles. The molecule has 0 aliphatic carbocycles. The Morgan fingerprint density at radius 3 is 1.38 bits per heavy atom. The van der Waals surface area contributed by atoms with Gasteiger partial charge in [0.05, 0.1) is 48.3 Å². The third kappa shape index (κ3) is 10.6. The number of hydrogen-bond acceptors (Lipinski definition) is 10. The molecular weight excluding hydrogens is 616 g/mol. The van der Waals surface area contributed by atoms with Crippen LogP contribution in [0.25, 0.3) is 0 Å². The third-order valence-corrected chi connectivity index (χ3v) is 8.22. The Kier molecular flexibility index (Phi) is 13.5. The largest absolute Gasteiger partial charge is 0.508 e. The topological polar surface area (TPSA) is 136 Å². The van der Waals surface area contributed by atoms with E-state index >= 15 is 0 Å². The van der Waals surface area contributed by atoms with E-state index in [-0.39, 0.29) is 48.0 Å². The Morgan fingerprint density at radius 1 is 0.479 bits per heavy atom. The first-order valence-corrected chi connectivity index (χ1v) is 15.8. The Hall–Kier alpha value is -4.80. The Balaban J connectivity index is 1.57. The summed E-state index contributed by atoms with van der Waals surface area (Å²) in [4.78, 5) is 0. The number of ether oxygens (including phenoxy) is 6. The summed E-state index contributed by atoms with van der Waals surface area (Å²) in [5.41, 5.74) is 3.50. The standard InChI is InChI=1S/C38H46O10/c1-43-35-9-7-25(18-37(35)45-3)12-29(6-5-11-47-22-27-14-31(39)20-32(40)15-27)30(13-26-8-10-36(44-2)38(19-26)46-4)24-48-23-28-16-33(41)21-34(42)17-28/h7-10,14-21,29-30,39-42H,5-6,11-13,22-24H2,1-4H3/t29-,30+/m0/s1. The SMILES string of the molecule is COc1ccc(C[C@H](CCCOCc2cc(O)cc(O)c2)[C@@H](COCc2cc(O)cc(O)c2)Cc2ccc(OC)c(OC)c2)cc1OC. The number of benzene rings is 4. The summed E-state index contributed by atoms with van der Waals surface area (Å²) in [6, 6.07) is 20.7. The van der Waals surface area contributed by atoms with E-state index in [9.17, 15) is 20.4 Å². The molecule has 10 nitrogen and oxygen atoms in total. The monoisotopic (exact) mass is 662 g/mol. The van der Waals surface area contributed by atoms with E-state index in [0.717, 1.165) is 30.4 Å². The van der Waals surface area contributed by atoms with E-state index in [1.54, 1.807) is 52.7 Å². The molecule has 0 aliphatic heterocycles. The normalized spacial score (nSPS) is 12.3. The summed E-state index contributed by atoms with van der Waals surface area (Å²) >= 11 is 0. The molecule has 0 aliphatic rings. The van der Waals surface area contributed by atoms with Gasteiger partial charge < -0.3 is 48.8 Å². The second-order valence-corrected chi connectivity index (χ2v) is 11.7. The van der Waals surface area contributed by atoms with Gasteiger partial charge in [-0.15, -0.1) is 0 Å². The fourth-order valence-electron chi connectivity index (χ4n) is 5.93. The first kappa shape index (κ1) is 36.0. The highest BCUT2D eigenvalue weighted by atomic mass is 16.5. The fourth-order valence-corrected chi connectivity index (χ4v) is 5.93. The van der Waals surface area contributed by atoms with E-state index in [0.29, 0.717) is 53.8 Å². The number of methoxy groups -OCH3 is 4. The van der Waals surface area contributed by atoms with Crippen LogP contribution in [-0.4, -0.2) is 62.1 Å². The predicted octanol–water partition coefficient (Wildman–Crippen LogP) is 6.77. The maximum atomic E-state index is 9.97. The summed E-state index contributed by atoms with van der Waals surface area (Å²) in [7, 11) is 6.46. The molecular formula is C38H46O10. The first-order chi connectivity index (χ1) is 23.2. The number of rotatable bonds is 19. The lowest BCUT2D eigenvalue weighted by Gasteiger charge is -2.28. The molecule has 4 aromatic carbocycles. The van der Waals surface area contributed by atoms with Crippen LogP contribution in [0.5, 0.6) is 46.0 Å². The van der Waals surface area contributed by atoms with E-state index in [4.69, 9.17) is 28.4 Å². The molecule has 2 atom stereocenters. The Bertz CT molecular complexity index is 1560. The van der Waals surface area contributed by atoms with Gasteiger partial charge in [0.2, 0.25) is 0 Å². The van der Waals surface area contributed by atoms with Gasteiger partial charge in [-0.05, 0) is 108 Å². The van der Waals surface area contributed by atoms with Crippen molar-refractivity contribution in [3.05, 3.63) is 95.1 Å². The average Bonchev–Trinajstić information content (AvgIpc) is 3.06. The molecule has 48 heavy (non-hydrogen) atoms. The van der Waals surface area contributed by atoms with E-state index in [1.165, 1.54) is 12.1 Å². The highest BCUT2D eigenvalue weighted by Crippen LogP contribution is 2.34. The van der Waals surface area contributed by atoms with E-state index in [1.807, 2.05) is 36.4 Å². The zero-order valence-corrected chi connectivity index (χ0v) is 28.0. The number of aromatic hydroxyl groups is 4. The van der Waals surface area contributed by atoms with Crippen molar-refractivity contribution in [3.8, 4) is 46.0 Å². The van der Waals surface area contributed by atoms with Crippen LogP contribution >= 0.6 is 0 Å². The summed E-state index contributed by atoms with van der Waals surface area (Å²) in [5.74, 6) is 2.72. The van der Waals surface area contributed by atoms with Crippen LogP contribution in [0.2, 0.25) is 0 Å². The second-order valence-electron chi connectivity index (χ2n) is 11.7. The Labute approximate surface area is 282 Å². The van der Waals surface area contributed by atoms with E-state index in [2.05, 4.69) is 0 Å². The van der Waals surface area contributed by atoms with Gasteiger partial charge in [-0.3, -0.25) is 0 Å². The van der Waals surface area contributed by atoms with Crippen molar-refractivity contribution < 1.29 is 48.8 Å². The molecule has 0 amide bonds. The van der Waals surface area contributed by atoms with Gasteiger partial charge in [0.25, 0.3) is 0 Å². The summed E-state index contributed by atoms with van der Waals surface area (Å²) in [6.07, 6.45) is 2.99. The van der Waals surface area contributed by atoms with Crippen LogP contribution in [0.3, 0.4) is 0 Å². The zero-order chi connectivity index (χ0) is 34.5. The van der Waals surface area contributed by atoms with Crippen LogP contribution in [0, 0.1) is 11.8 Å². The molecule has 0 saturated carbocycles. The molecule has 4 aromatic rings. The number of phenols is 4. The van der Waals surface area contributed by atoms with Gasteiger partial charge in [-0.2, -0.15) is 0 Å². The maximum absolute atomic E-state index is 9.97. The lowest BCUT2D eigenvalue weighted by Crippen LogP contribution is -2.25. The van der Waals surface area contributed by atoms with Gasteiger partial charge in [-0.25, -0.2) is 0 Å². The van der Waals surface area contributed by atoms with Crippen LogP contribution < -0.4 is 18.9 Å². The van der Waals surface area contributed by atoms with Crippen molar-refractivity contribution in [2.45, 2.75) is 38.9 Å². The molecule has 10 heteroatoms. The highest BCUT2D eigenvalue weighted by molar-refractivity contribution is 5.44. The second kappa shape index (κ2) is 17.9. The van der Waals surface area contributed by atoms with Crippen molar-refractivity contribution in [1.82, 2.24) is 0 Å². The third-order valence-electron chi connectivity index (χ3n) is 8.22. The van der Waals surface area contributed by atoms with Gasteiger partial charge in [0, 0.05) is 18.7 Å². The molecule has 0 spiro atoms. The van der Waals surface area contributed by atoms with E-state index < -0.39 is 0 Å². The minimum Gasteiger partial charge on any atom is -0.508 e. The summed E-state index contributed by atoms with van der Waals surface area (Å²) in [6.45, 7) is 1.36. The molecule has 0 aromatic heterocycles. The molecule has 0 heterocycles. The first-order valence-electron chi connectivity index (χ1n) is 15.8. The zero-order valence-electron chi connectivity index (χ0n) is 28.0. The molecule has 0 radical (unpaired) electrons. The number of hydrogen-bond donors (Lipinski definition) is 4. The quantitative estimate of drug-likeness (QED) is 0.0796. The van der Waals surface area contributed by atoms with Crippen LogP contribution in [-0.2, 0) is 35.5 Å². The summed E-state index contributed by atoms with van der Waals surface area (Å²) < 4.78 is 34.3. The van der Waals surface area contributed by atoms with Crippen molar-refractivity contribution in [3.63, 3.8) is 0 Å². The van der Waals surface area contributed by atoms with Crippen molar-refractivity contribution >= 4 is 0 Å². The molecule has 0 bridgehead atoms. The lowest BCUT2D eigenvalue weighted by atomic mass is 9.80. The molecule has 4 rings (SSSR count). The van der Waals surface area contributed by atoms with Gasteiger partial charge in [0.15, 0.2) is 23.0 Å². The minimum atomic E-state index is -0.0252. The highest BCUT2D eigenvalue weighted by Gasteiger charge is 2.24. The molecule has 4 N–H and O–H groups in total. The van der Waals surface area contributed by atoms with Gasteiger partial charge >= 0.3 is 0 Å². The smallest absolute Gasteiger partial charge is 0.160 e. The van der Waals surface area contributed by atoms with Crippen molar-refractivity contribution in [2.24, 2.45) is 11.8 Å². The van der Waals surface area contributed by atoms with Crippen LogP contribution in [0.15, 0.2) is 72.8 Å². The number of phenolic OH excluding ortho intramolecular Hbond substituents is 4. The van der Waals surface area contributed by atoms with Crippen LogP contribution in [0.1, 0.15) is 35.1 Å². The van der Waals surface area contributed by atoms with Crippen molar-refractivity contribution in [2.75, 3.05) is 41.7 Å². The minimum absolute atomic E-state index is 0.0116. The maximum Gasteiger partial charge on any atom is 0.160 e. The molecule has 0 unspecified atom stereocenters. The average molecular weight is 663 g/mol. The van der Waals surface area contributed by atoms with Crippen LogP contribution in [0.4, 0.5) is 0 Å². The van der Waals surface area contributed by atoms with Gasteiger partial charge in [0.1, 0.15) is 23.0 Å². The molecule has 258 valence electrons. The predicted molar refractivity (Wildman–Crippen MR) is 182 cm³/mol. The lowest BCUT2D eigenvalue weighted by molar-refractivity contribution is 0.0578. The van der Waals surface area contributed by atoms with Gasteiger partial charge in [-0.1, -0.05) is 12.1 Å². The Morgan fingerprint density at radius 2 is 0.917 bits per heavy atom. The summed E-state index contributed by atoms with van der Waals surface area (Å²) in [5, 5.41) is 39.6. The van der Waals surface area contributed by atoms with Crippen molar-refractivity contribution in [1.29, 1.82) is 0 Å². The fraction of sp³-hybridized carbons (Fsp3) is 0.368. The molecule has 0 fully saturated rings.